The van der Waals surface area contributed by atoms with Crippen molar-refractivity contribution in [3.05, 3.63) is 68.5 Å². The maximum Gasteiger partial charge on any atom is 0.338 e. The fourth-order valence-corrected chi connectivity index (χ4v) is 5.22. The summed E-state index contributed by atoms with van der Waals surface area (Å²) < 4.78 is 4.91. The molecule has 1 unspecified atom stereocenters. The zero-order valence-electron chi connectivity index (χ0n) is 15.5. The Labute approximate surface area is 167 Å². The van der Waals surface area contributed by atoms with Crippen molar-refractivity contribution in [2.24, 2.45) is 0 Å². The zero-order chi connectivity index (χ0) is 19.4. The summed E-state index contributed by atoms with van der Waals surface area (Å²) in [6, 6.07) is 11.7. The average Bonchev–Trinajstić information content (AvgIpc) is 3.02. The van der Waals surface area contributed by atoms with Gasteiger partial charge in [0.2, 0.25) is 0 Å². The van der Waals surface area contributed by atoms with Gasteiger partial charge in [-0.25, -0.2) is 9.59 Å². The Balaban J connectivity index is 1.77. The molecule has 2 aromatic rings. The van der Waals surface area contributed by atoms with Crippen LogP contribution in [0.15, 0.2) is 47.7 Å². The van der Waals surface area contributed by atoms with Crippen LogP contribution >= 0.6 is 23.1 Å². The van der Waals surface area contributed by atoms with Crippen LogP contribution in [-0.2, 0) is 21.0 Å². The quantitative estimate of drug-likeness (QED) is 0.708. The number of rotatable bonds is 6. The van der Waals surface area contributed by atoms with Crippen LogP contribution in [0.5, 0.6) is 0 Å². The fraction of sp³-hybridized carbons (Fsp3) is 0.300. The molecule has 1 aromatic heterocycles. The number of carbonyl (C=O) groups excluding carboxylic acids is 2. The zero-order valence-corrected chi connectivity index (χ0v) is 17.1. The van der Waals surface area contributed by atoms with Crippen molar-refractivity contribution in [2.75, 3.05) is 7.11 Å². The first-order chi connectivity index (χ1) is 13.0. The van der Waals surface area contributed by atoms with Crippen molar-refractivity contribution in [1.82, 2.24) is 10.6 Å². The number of benzene rings is 1. The van der Waals surface area contributed by atoms with Gasteiger partial charge >= 0.3 is 12.0 Å². The summed E-state index contributed by atoms with van der Waals surface area (Å²) >= 11 is 3.45. The number of amides is 2. The number of allylic oxidation sites excluding steroid dienone is 1. The van der Waals surface area contributed by atoms with Gasteiger partial charge in [-0.05, 0) is 31.0 Å². The number of hydrogen-bond donors (Lipinski definition) is 2. The average molecular weight is 403 g/mol. The Morgan fingerprint density at radius 3 is 2.67 bits per heavy atom. The van der Waals surface area contributed by atoms with Crippen molar-refractivity contribution in [2.45, 2.75) is 31.4 Å². The van der Waals surface area contributed by atoms with Gasteiger partial charge in [-0.3, -0.25) is 0 Å². The summed E-state index contributed by atoms with van der Waals surface area (Å²) in [4.78, 5) is 26.3. The van der Waals surface area contributed by atoms with E-state index in [9.17, 15) is 9.59 Å². The van der Waals surface area contributed by atoms with Gasteiger partial charge in [0.25, 0.3) is 0 Å². The first-order valence-electron chi connectivity index (χ1n) is 8.57. The molecule has 0 bridgehead atoms. The molecule has 27 heavy (non-hydrogen) atoms. The minimum atomic E-state index is -0.484. The third kappa shape index (κ3) is 4.54. The standard InChI is InChI=1S/C20H22N2O3S2/c1-12-17(19(23)25-3)18(22-20(24)21-12)16-9-15(13(2)27-16)11-26-10-14-7-5-4-6-8-14/h4-9,18H,10-11H2,1-3H3,(H2,21,22,24). The third-order valence-corrected chi connectivity index (χ3v) is 6.58. The molecule has 1 aliphatic heterocycles. The maximum absolute atomic E-state index is 12.2. The largest absolute Gasteiger partial charge is 0.466 e. The monoisotopic (exact) mass is 402 g/mol. The molecule has 7 heteroatoms. The van der Waals surface area contributed by atoms with E-state index >= 15 is 0 Å². The number of ether oxygens (including phenoxy) is 1. The van der Waals surface area contributed by atoms with E-state index in [2.05, 4.69) is 35.8 Å². The molecule has 1 aliphatic rings. The lowest BCUT2D eigenvalue weighted by molar-refractivity contribution is -0.136. The van der Waals surface area contributed by atoms with Gasteiger partial charge in [-0.15, -0.1) is 11.3 Å². The smallest absolute Gasteiger partial charge is 0.338 e. The summed E-state index contributed by atoms with van der Waals surface area (Å²) in [5.41, 5.74) is 3.50. The Morgan fingerprint density at radius 1 is 1.22 bits per heavy atom. The van der Waals surface area contributed by atoms with E-state index in [1.54, 1.807) is 18.3 Å². The van der Waals surface area contributed by atoms with Gasteiger partial charge in [0.1, 0.15) is 0 Å². The molecular weight excluding hydrogens is 380 g/mol. The molecule has 3 rings (SSSR count). The first kappa shape index (κ1) is 19.5. The van der Waals surface area contributed by atoms with Crippen LogP contribution in [0.3, 0.4) is 0 Å². The number of hydrogen-bond acceptors (Lipinski definition) is 5. The van der Waals surface area contributed by atoms with Crippen LogP contribution in [-0.4, -0.2) is 19.1 Å². The van der Waals surface area contributed by atoms with Crippen LogP contribution in [0.25, 0.3) is 0 Å². The van der Waals surface area contributed by atoms with E-state index < -0.39 is 12.0 Å². The number of methoxy groups -OCH3 is 1. The molecule has 0 saturated heterocycles. The topological polar surface area (TPSA) is 67.4 Å². The summed E-state index contributed by atoms with van der Waals surface area (Å²) in [5, 5.41) is 5.49. The minimum Gasteiger partial charge on any atom is -0.466 e. The molecule has 2 heterocycles. The van der Waals surface area contributed by atoms with Crippen LogP contribution in [0, 0.1) is 6.92 Å². The van der Waals surface area contributed by atoms with Crippen molar-refractivity contribution in [1.29, 1.82) is 0 Å². The summed E-state index contributed by atoms with van der Waals surface area (Å²) in [6.07, 6.45) is 0. The van der Waals surface area contributed by atoms with Crippen molar-refractivity contribution >= 4 is 35.1 Å². The Kier molecular flexibility index (Phi) is 6.23. The van der Waals surface area contributed by atoms with Crippen molar-refractivity contribution < 1.29 is 14.3 Å². The predicted molar refractivity (Wildman–Crippen MR) is 110 cm³/mol. The van der Waals surface area contributed by atoms with Gasteiger partial charge in [0, 0.05) is 27.0 Å². The molecule has 0 spiro atoms. The second-order valence-corrected chi connectivity index (χ2v) is 8.54. The Hall–Kier alpha value is -2.25. The number of nitrogens with one attached hydrogen (secondary N) is 2. The molecule has 2 N–H and O–H groups in total. The van der Waals surface area contributed by atoms with Gasteiger partial charge in [0.05, 0.1) is 18.7 Å². The van der Waals surface area contributed by atoms with Crippen molar-refractivity contribution in [3.63, 3.8) is 0 Å². The summed E-state index contributed by atoms with van der Waals surface area (Å²) in [6.45, 7) is 3.79. The molecular formula is C20H22N2O3S2. The highest BCUT2D eigenvalue weighted by Crippen LogP contribution is 2.35. The molecule has 1 aromatic carbocycles. The second kappa shape index (κ2) is 8.63. The van der Waals surface area contributed by atoms with E-state index in [1.165, 1.54) is 23.1 Å². The van der Waals surface area contributed by atoms with E-state index in [1.807, 2.05) is 30.0 Å². The SMILES string of the molecule is COC(=O)C1=C(C)NC(=O)NC1c1cc(CSCc2ccccc2)c(C)s1. The van der Waals surface area contributed by atoms with Crippen LogP contribution in [0.4, 0.5) is 4.79 Å². The predicted octanol–water partition coefficient (Wildman–Crippen LogP) is 4.29. The molecule has 5 nitrogen and oxygen atoms in total. The van der Waals surface area contributed by atoms with Gasteiger partial charge in [-0.2, -0.15) is 11.8 Å². The molecule has 1 atom stereocenters. The molecule has 2 amide bonds. The lowest BCUT2D eigenvalue weighted by Crippen LogP contribution is -2.45. The second-order valence-electron chi connectivity index (χ2n) is 6.27. The lowest BCUT2D eigenvalue weighted by atomic mass is 10.0. The molecule has 0 saturated carbocycles. The van der Waals surface area contributed by atoms with Crippen LogP contribution in [0.1, 0.15) is 33.8 Å². The minimum absolute atomic E-state index is 0.309. The van der Waals surface area contributed by atoms with E-state index in [4.69, 9.17) is 4.74 Å². The van der Waals surface area contributed by atoms with Crippen molar-refractivity contribution in [3.8, 4) is 0 Å². The van der Waals surface area contributed by atoms with E-state index in [-0.39, 0.29) is 6.03 Å². The lowest BCUT2D eigenvalue weighted by Gasteiger charge is -2.26. The normalized spacial score (nSPS) is 16.7. The Morgan fingerprint density at radius 2 is 1.96 bits per heavy atom. The summed E-state index contributed by atoms with van der Waals surface area (Å²) in [7, 11) is 1.35. The summed E-state index contributed by atoms with van der Waals surface area (Å²) in [5.74, 6) is 1.39. The number of carbonyl (C=O) groups is 2. The highest BCUT2D eigenvalue weighted by atomic mass is 32.2. The molecule has 142 valence electrons. The first-order valence-corrected chi connectivity index (χ1v) is 10.5. The van der Waals surface area contributed by atoms with Crippen LogP contribution in [0.2, 0.25) is 0 Å². The van der Waals surface area contributed by atoms with Gasteiger partial charge < -0.3 is 15.4 Å². The Bertz CT molecular complexity index is 875. The van der Waals surface area contributed by atoms with E-state index in [0.29, 0.717) is 11.3 Å². The molecule has 0 aliphatic carbocycles. The number of thioether (sulfide) groups is 1. The number of esters is 1. The maximum atomic E-state index is 12.2. The third-order valence-electron chi connectivity index (χ3n) is 4.37. The van der Waals surface area contributed by atoms with Crippen LogP contribution < -0.4 is 10.6 Å². The molecule has 0 radical (unpaired) electrons. The fourth-order valence-electron chi connectivity index (χ4n) is 2.97. The highest BCUT2D eigenvalue weighted by Gasteiger charge is 2.33. The highest BCUT2D eigenvalue weighted by molar-refractivity contribution is 7.97. The number of urea groups is 1. The number of thiophene rings is 1. The van der Waals surface area contributed by atoms with Gasteiger partial charge in [0.15, 0.2) is 0 Å². The molecule has 0 fully saturated rings. The van der Waals surface area contributed by atoms with Gasteiger partial charge in [-0.1, -0.05) is 30.3 Å². The number of aryl methyl sites for hydroxylation is 1. The van der Waals surface area contributed by atoms with E-state index in [0.717, 1.165) is 16.4 Å².